The number of rotatable bonds is 7. The van der Waals surface area contributed by atoms with Crippen LogP contribution in [0, 0.1) is 10.1 Å². The highest BCUT2D eigenvalue weighted by atomic mass is 32.2. The van der Waals surface area contributed by atoms with E-state index >= 15 is 0 Å². The fourth-order valence-corrected chi connectivity index (χ4v) is 2.63. The van der Waals surface area contributed by atoms with Gasteiger partial charge in [0.15, 0.2) is 0 Å². The topological polar surface area (TPSA) is 173 Å². The van der Waals surface area contributed by atoms with Gasteiger partial charge >= 0.3 is 5.69 Å². The van der Waals surface area contributed by atoms with Gasteiger partial charge in [0.2, 0.25) is 0 Å². The molecular formula is C12H20N6O6S2. The average molecular weight is 408 g/mol. The predicted molar refractivity (Wildman–Crippen MR) is 94.9 cm³/mol. The van der Waals surface area contributed by atoms with E-state index < -0.39 is 24.6 Å². The van der Waals surface area contributed by atoms with Gasteiger partial charge in [-0.25, -0.2) is 16.8 Å². The van der Waals surface area contributed by atoms with Crippen molar-refractivity contribution in [1.29, 1.82) is 0 Å². The average Bonchev–Trinajstić information content (AvgIpc) is 3.11. The van der Waals surface area contributed by atoms with Crippen LogP contribution in [0.1, 0.15) is 0 Å². The molecule has 12 nitrogen and oxygen atoms in total. The molecule has 2 rings (SSSR count). The van der Waals surface area contributed by atoms with E-state index in [1.165, 1.54) is 28.0 Å². The molecule has 0 amide bonds. The molecule has 0 aromatic carbocycles. The molecule has 0 spiro atoms. The summed E-state index contributed by atoms with van der Waals surface area (Å²) in [5.41, 5.74) is 5.79. The molecule has 0 aliphatic heterocycles. The monoisotopic (exact) mass is 408 g/mol. The second-order valence-corrected chi connectivity index (χ2v) is 10.0. The minimum absolute atomic E-state index is 0.0775. The maximum Gasteiger partial charge on any atom is 0.306 e. The first-order valence-corrected chi connectivity index (χ1v) is 11.3. The molecule has 2 N–H and O–H groups in total. The zero-order valence-corrected chi connectivity index (χ0v) is 15.9. The first-order chi connectivity index (χ1) is 11.9. The summed E-state index contributed by atoms with van der Waals surface area (Å²) in [6, 6.07) is 0. The molecule has 2 heterocycles. The van der Waals surface area contributed by atoms with E-state index in [9.17, 15) is 26.9 Å². The van der Waals surface area contributed by atoms with E-state index in [-0.39, 0.29) is 23.7 Å². The van der Waals surface area contributed by atoms with E-state index in [1.807, 2.05) is 0 Å². The normalized spacial score (nSPS) is 11.6. The maximum atomic E-state index is 10.8. The highest BCUT2D eigenvalue weighted by molar-refractivity contribution is 7.90. The lowest BCUT2D eigenvalue weighted by Crippen LogP contribution is -2.11. The highest BCUT2D eigenvalue weighted by Crippen LogP contribution is 2.07. The van der Waals surface area contributed by atoms with Gasteiger partial charge in [0, 0.05) is 18.7 Å². The van der Waals surface area contributed by atoms with E-state index in [1.54, 1.807) is 6.20 Å². The Morgan fingerprint density at radius 1 is 1.00 bits per heavy atom. The van der Waals surface area contributed by atoms with Crippen LogP contribution in [0.4, 0.5) is 11.4 Å². The van der Waals surface area contributed by atoms with Crippen LogP contribution >= 0.6 is 0 Å². The third-order valence-corrected chi connectivity index (χ3v) is 4.71. The third-order valence-electron chi connectivity index (χ3n) is 2.87. The van der Waals surface area contributed by atoms with Crippen LogP contribution in [0.2, 0.25) is 0 Å². The molecule has 0 bridgehead atoms. The summed E-state index contributed by atoms with van der Waals surface area (Å²) in [5.74, 6) is 0.0138. The third kappa shape index (κ3) is 9.12. The lowest BCUT2D eigenvalue weighted by molar-refractivity contribution is -0.385. The lowest BCUT2D eigenvalue weighted by atomic mass is 10.6. The Bertz CT molecular complexity index is 947. The summed E-state index contributed by atoms with van der Waals surface area (Å²) >= 11 is 0. The van der Waals surface area contributed by atoms with Crippen molar-refractivity contribution in [3.8, 4) is 0 Å². The second kappa shape index (κ2) is 8.75. The van der Waals surface area contributed by atoms with Crippen LogP contribution in [-0.4, -0.2) is 65.3 Å². The number of anilines is 1. The van der Waals surface area contributed by atoms with Crippen molar-refractivity contribution >= 4 is 31.0 Å². The number of nitrogens with zero attached hydrogens (tertiary/aromatic N) is 5. The van der Waals surface area contributed by atoms with Crippen LogP contribution in [0.3, 0.4) is 0 Å². The summed E-state index contributed by atoms with van der Waals surface area (Å²) in [6.45, 7) is 0.489. The zero-order valence-electron chi connectivity index (χ0n) is 14.2. The van der Waals surface area contributed by atoms with Crippen molar-refractivity contribution in [2.24, 2.45) is 0 Å². The smallest absolute Gasteiger partial charge is 0.306 e. The molecule has 2 aromatic heterocycles. The molecule has 0 radical (unpaired) electrons. The lowest BCUT2D eigenvalue weighted by Gasteiger charge is -1.98. The van der Waals surface area contributed by atoms with Gasteiger partial charge in [0.05, 0.1) is 41.4 Å². The number of nitro groups is 1. The summed E-state index contributed by atoms with van der Waals surface area (Å²) in [6.07, 6.45) is 7.67. The molecule has 0 atom stereocenters. The van der Waals surface area contributed by atoms with Gasteiger partial charge in [-0.15, -0.1) is 0 Å². The number of sulfone groups is 2. The molecule has 26 heavy (non-hydrogen) atoms. The Kier molecular flexibility index (Phi) is 7.26. The SMILES string of the molecule is CS(=O)(=O)CCn1cc(N)cn1.CS(=O)(=O)CCn1cc([N+](=O)[O-])cn1. The van der Waals surface area contributed by atoms with E-state index in [4.69, 9.17) is 5.73 Å². The van der Waals surface area contributed by atoms with Crippen LogP contribution in [0.5, 0.6) is 0 Å². The molecule has 2 aromatic rings. The van der Waals surface area contributed by atoms with Crippen LogP contribution in [0.25, 0.3) is 0 Å². The quantitative estimate of drug-likeness (QED) is 0.461. The van der Waals surface area contributed by atoms with Gasteiger partial charge < -0.3 is 5.73 Å². The molecule has 0 fully saturated rings. The van der Waals surface area contributed by atoms with Crippen molar-refractivity contribution < 1.29 is 21.8 Å². The minimum Gasteiger partial charge on any atom is -0.396 e. The Morgan fingerprint density at radius 2 is 1.46 bits per heavy atom. The Labute approximate surface area is 150 Å². The molecule has 0 unspecified atom stereocenters. The summed E-state index contributed by atoms with van der Waals surface area (Å²) in [7, 11) is -5.98. The summed E-state index contributed by atoms with van der Waals surface area (Å²) in [5, 5.41) is 17.7. The van der Waals surface area contributed by atoms with Crippen molar-refractivity contribution in [1.82, 2.24) is 19.6 Å². The molecule has 0 saturated carbocycles. The minimum atomic E-state index is -3.06. The van der Waals surface area contributed by atoms with E-state index in [0.29, 0.717) is 12.2 Å². The molecular weight excluding hydrogens is 388 g/mol. The van der Waals surface area contributed by atoms with Gasteiger partial charge in [0.1, 0.15) is 32.1 Å². The largest absolute Gasteiger partial charge is 0.396 e. The van der Waals surface area contributed by atoms with Gasteiger partial charge in [-0.2, -0.15) is 10.2 Å². The Hall–Kier alpha value is -2.48. The van der Waals surface area contributed by atoms with E-state index in [0.717, 1.165) is 12.5 Å². The number of aryl methyl sites for hydroxylation is 2. The van der Waals surface area contributed by atoms with Gasteiger partial charge in [0.25, 0.3) is 0 Å². The summed E-state index contributed by atoms with van der Waals surface area (Å²) in [4.78, 5) is 9.67. The van der Waals surface area contributed by atoms with Crippen molar-refractivity contribution in [3.63, 3.8) is 0 Å². The number of hydrogen-bond acceptors (Lipinski definition) is 9. The summed E-state index contributed by atoms with van der Waals surface area (Å²) < 4.78 is 45.8. The molecule has 14 heteroatoms. The number of nitrogen functional groups attached to an aromatic ring is 1. The molecule has 0 aliphatic rings. The maximum absolute atomic E-state index is 10.8. The van der Waals surface area contributed by atoms with Crippen molar-refractivity contribution in [2.45, 2.75) is 13.1 Å². The van der Waals surface area contributed by atoms with Crippen LogP contribution < -0.4 is 5.73 Å². The van der Waals surface area contributed by atoms with Crippen molar-refractivity contribution in [3.05, 3.63) is 34.9 Å². The highest BCUT2D eigenvalue weighted by Gasteiger charge is 2.10. The van der Waals surface area contributed by atoms with Crippen LogP contribution in [0.15, 0.2) is 24.8 Å². The van der Waals surface area contributed by atoms with Crippen LogP contribution in [-0.2, 0) is 32.8 Å². The second-order valence-electron chi connectivity index (χ2n) is 5.52. The van der Waals surface area contributed by atoms with Gasteiger partial charge in [-0.05, 0) is 0 Å². The Balaban J connectivity index is 0.000000263. The first kappa shape index (κ1) is 21.6. The molecule has 0 aliphatic carbocycles. The molecule has 0 saturated heterocycles. The number of aromatic nitrogens is 4. The fourth-order valence-electron chi connectivity index (χ4n) is 1.59. The first-order valence-electron chi connectivity index (χ1n) is 7.16. The van der Waals surface area contributed by atoms with Gasteiger partial charge in [-0.1, -0.05) is 0 Å². The number of nitrogens with two attached hydrogens (primary N) is 1. The molecule has 146 valence electrons. The van der Waals surface area contributed by atoms with Gasteiger partial charge in [-0.3, -0.25) is 19.5 Å². The predicted octanol–water partition coefficient (Wildman–Crippen LogP) is -0.654. The standard InChI is InChI=1S/C6H9N3O4S.C6H11N3O2S/c1-14(12,13)3-2-8-5-6(4-7-8)9(10)11;1-12(10,11)3-2-9-5-6(7)4-8-9/h4-5H,2-3H2,1H3;4-5H,2-3,7H2,1H3. The zero-order chi connectivity index (χ0) is 20.0. The van der Waals surface area contributed by atoms with Crippen molar-refractivity contribution in [2.75, 3.05) is 29.8 Å². The number of hydrogen-bond donors (Lipinski definition) is 1. The van der Waals surface area contributed by atoms with E-state index in [2.05, 4.69) is 10.2 Å². The Morgan fingerprint density at radius 3 is 1.81 bits per heavy atom. The fraction of sp³-hybridized carbons (Fsp3) is 0.500.